The smallest absolute Gasteiger partial charge is 0.335 e. The molecule has 2 aromatic rings. The standard InChI is InChI=1S/C17H16N2O4/c18-16(20)11-23-15-7-3-13(4-8-15)10-19-9-12-1-5-14(6-2-12)17(21)22/h1-8,10H,9,11H2,(H2,18,20)(H,21,22). The van der Waals surface area contributed by atoms with E-state index in [0.29, 0.717) is 12.3 Å². The number of aliphatic imine (C=N–C) groups is 1. The molecule has 0 fully saturated rings. The lowest BCUT2D eigenvalue weighted by atomic mass is 10.1. The Balaban J connectivity index is 1.90. The predicted molar refractivity (Wildman–Crippen MR) is 85.8 cm³/mol. The molecule has 23 heavy (non-hydrogen) atoms. The van der Waals surface area contributed by atoms with E-state index in [4.69, 9.17) is 15.6 Å². The van der Waals surface area contributed by atoms with Crippen LogP contribution in [-0.2, 0) is 11.3 Å². The maximum Gasteiger partial charge on any atom is 0.335 e. The number of hydrogen-bond donors (Lipinski definition) is 2. The number of nitrogens with two attached hydrogens (primary N) is 1. The van der Waals surface area contributed by atoms with E-state index in [9.17, 15) is 9.59 Å². The quantitative estimate of drug-likeness (QED) is 0.762. The third-order valence-corrected chi connectivity index (χ3v) is 2.98. The first-order valence-electron chi connectivity index (χ1n) is 6.88. The summed E-state index contributed by atoms with van der Waals surface area (Å²) in [5.41, 5.74) is 7.06. The molecule has 0 heterocycles. The fourth-order valence-corrected chi connectivity index (χ4v) is 1.81. The van der Waals surface area contributed by atoms with Crippen molar-refractivity contribution in [2.24, 2.45) is 10.7 Å². The Morgan fingerprint density at radius 1 is 1.09 bits per heavy atom. The Morgan fingerprint density at radius 2 is 1.74 bits per heavy atom. The summed E-state index contributed by atoms with van der Waals surface area (Å²) in [6, 6.07) is 13.7. The van der Waals surface area contributed by atoms with Crippen molar-refractivity contribution < 1.29 is 19.4 Å². The molecular weight excluding hydrogens is 296 g/mol. The summed E-state index contributed by atoms with van der Waals surface area (Å²) in [4.78, 5) is 25.7. The van der Waals surface area contributed by atoms with Crippen LogP contribution < -0.4 is 10.5 Å². The second-order valence-electron chi connectivity index (χ2n) is 4.80. The number of ether oxygens (including phenoxy) is 1. The van der Waals surface area contributed by atoms with Gasteiger partial charge in [0.15, 0.2) is 6.61 Å². The number of aromatic carboxylic acids is 1. The van der Waals surface area contributed by atoms with E-state index in [1.54, 1.807) is 42.6 Å². The average Bonchev–Trinajstić information content (AvgIpc) is 2.54. The predicted octanol–water partition coefficient (Wildman–Crippen LogP) is 1.87. The first-order valence-corrected chi connectivity index (χ1v) is 6.88. The van der Waals surface area contributed by atoms with Gasteiger partial charge in [0.05, 0.1) is 12.1 Å². The van der Waals surface area contributed by atoms with Crippen LogP contribution in [-0.4, -0.2) is 29.8 Å². The van der Waals surface area contributed by atoms with Gasteiger partial charge < -0.3 is 15.6 Å². The molecule has 0 unspecified atom stereocenters. The van der Waals surface area contributed by atoms with Gasteiger partial charge in [-0.05, 0) is 47.5 Å². The summed E-state index contributed by atoms with van der Waals surface area (Å²) in [6.07, 6.45) is 1.71. The SMILES string of the molecule is NC(=O)COc1ccc(C=NCc2ccc(C(=O)O)cc2)cc1. The van der Waals surface area contributed by atoms with Crippen molar-refractivity contribution in [1.82, 2.24) is 0 Å². The van der Waals surface area contributed by atoms with Crippen molar-refractivity contribution in [3.63, 3.8) is 0 Å². The van der Waals surface area contributed by atoms with E-state index in [1.165, 1.54) is 0 Å². The normalized spacial score (nSPS) is 10.6. The number of carboxylic acids is 1. The zero-order valence-corrected chi connectivity index (χ0v) is 12.3. The van der Waals surface area contributed by atoms with Crippen molar-refractivity contribution in [1.29, 1.82) is 0 Å². The van der Waals surface area contributed by atoms with Crippen LogP contribution in [0, 0.1) is 0 Å². The molecule has 118 valence electrons. The highest BCUT2D eigenvalue weighted by Crippen LogP contribution is 2.11. The first kappa shape index (κ1) is 16.2. The number of carbonyl (C=O) groups excluding carboxylic acids is 1. The van der Waals surface area contributed by atoms with E-state index in [0.717, 1.165) is 11.1 Å². The van der Waals surface area contributed by atoms with Crippen LogP contribution in [0.2, 0.25) is 0 Å². The van der Waals surface area contributed by atoms with Gasteiger partial charge in [-0.25, -0.2) is 4.79 Å². The molecule has 1 amide bonds. The summed E-state index contributed by atoms with van der Waals surface area (Å²) in [6.45, 7) is 0.305. The molecule has 6 nitrogen and oxygen atoms in total. The average molecular weight is 312 g/mol. The van der Waals surface area contributed by atoms with Gasteiger partial charge >= 0.3 is 5.97 Å². The second-order valence-corrected chi connectivity index (χ2v) is 4.80. The van der Waals surface area contributed by atoms with Crippen molar-refractivity contribution in [2.75, 3.05) is 6.61 Å². The van der Waals surface area contributed by atoms with Gasteiger partial charge in [0.25, 0.3) is 5.91 Å². The molecule has 0 aliphatic heterocycles. The zero-order chi connectivity index (χ0) is 16.7. The maximum atomic E-state index is 10.8. The van der Waals surface area contributed by atoms with E-state index in [2.05, 4.69) is 4.99 Å². The molecule has 2 aromatic carbocycles. The largest absolute Gasteiger partial charge is 0.484 e. The zero-order valence-electron chi connectivity index (χ0n) is 12.3. The summed E-state index contributed by atoms with van der Waals surface area (Å²) >= 11 is 0. The van der Waals surface area contributed by atoms with Crippen LogP contribution in [0.1, 0.15) is 21.5 Å². The molecule has 2 rings (SSSR count). The molecular formula is C17H16N2O4. The lowest BCUT2D eigenvalue weighted by molar-refractivity contribution is -0.119. The van der Waals surface area contributed by atoms with E-state index < -0.39 is 11.9 Å². The lowest BCUT2D eigenvalue weighted by Gasteiger charge is -2.03. The van der Waals surface area contributed by atoms with E-state index in [-0.39, 0.29) is 12.2 Å². The fraction of sp³-hybridized carbons (Fsp3) is 0.118. The van der Waals surface area contributed by atoms with Crippen molar-refractivity contribution in [2.45, 2.75) is 6.54 Å². The van der Waals surface area contributed by atoms with Gasteiger partial charge in [0, 0.05) is 6.21 Å². The fourth-order valence-electron chi connectivity index (χ4n) is 1.81. The molecule has 0 atom stereocenters. The van der Waals surface area contributed by atoms with E-state index in [1.807, 2.05) is 12.1 Å². The third-order valence-electron chi connectivity index (χ3n) is 2.98. The number of benzene rings is 2. The number of primary amides is 1. The Hall–Kier alpha value is -3.15. The summed E-state index contributed by atoms with van der Waals surface area (Å²) in [5, 5.41) is 8.83. The Labute approximate surface area is 133 Å². The molecule has 0 aliphatic carbocycles. The molecule has 0 saturated carbocycles. The maximum absolute atomic E-state index is 10.8. The number of carbonyl (C=O) groups is 2. The van der Waals surface area contributed by atoms with Crippen LogP contribution >= 0.6 is 0 Å². The topological polar surface area (TPSA) is 102 Å². The molecule has 0 bridgehead atoms. The van der Waals surface area contributed by atoms with Gasteiger partial charge in [-0.3, -0.25) is 9.79 Å². The summed E-state index contributed by atoms with van der Waals surface area (Å²) < 4.78 is 5.16. The minimum atomic E-state index is -0.946. The van der Waals surface area contributed by atoms with Gasteiger partial charge in [0.2, 0.25) is 0 Å². The molecule has 0 aromatic heterocycles. The molecule has 0 aliphatic rings. The van der Waals surface area contributed by atoms with Crippen LogP contribution in [0.3, 0.4) is 0 Å². The molecule has 3 N–H and O–H groups in total. The van der Waals surface area contributed by atoms with E-state index >= 15 is 0 Å². The van der Waals surface area contributed by atoms with Crippen molar-refractivity contribution >= 4 is 18.1 Å². The molecule has 0 radical (unpaired) electrons. The lowest BCUT2D eigenvalue weighted by Crippen LogP contribution is -2.19. The molecule has 0 saturated heterocycles. The minimum absolute atomic E-state index is 0.153. The Morgan fingerprint density at radius 3 is 2.30 bits per heavy atom. The summed E-state index contributed by atoms with van der Waals surface area (Å²) in [5.74, 6) is -0.909. The van der Waals surface area contributed by atoms with Crippen molar-refractivity contribution in [3.8, 4) is 5.75 Å². The highest BCUT2D eigenvalue weighted by molar-refractivity contribution is 5.87. The van der Waals surface area contributed by atoms with Gasteiger partial charge in [-0.1, -0.05) is 12.1 Å². The number of carboxylic acid groups (broad SMARTS) is 1. The minimum Gasteiger partial charge on any atom is -0.484 e. The number of nitrogens with zero attached hydrogens (tertiary/aromatic N) is 1. The first-order chi connectivity index (χ1) is 11.0. The van der Waals surface area contributed by atoms with Crippen LogP contribution in [0.4, 0.5) is 0 Å². The van der Waals surface area contributed by atoms with Crippen molar-refractivity contribution in [3.05, 3.63) is 65.2 Å². The van der Waals surface area contributed by atoms with Crippen LogP contribution in [0.15, 0.2) is 53.5 Å². The monoisotopic (exact) mass is 312 g/mol. The third kappa shape index (κ3) is 5.28. The number of rotatable bonds is 7. The Bertz CT molecular complexity index is 706. The molecule has 6 heteroatoms. The summed E-state index contributed by atoms with van der Waals surface area (Å²) in [7, 11) is 0. The van der Waals surface area contributed by atoms with Gasteiger partial charge in [-0.2, -0.15) is 0 Å². The molecule has 0 spiro atoms. The highest BCUT2D eigenvalue weighted by atomic mass is 16.5. The van der Waals surface area contributed by atoms with Gasteiger partial charge in [-0.15, -0.1) is 0 Å². The Kier molecular flexibility index (Phi) is 5.46. The number of amides is 1. The van der Waals surface area contributed by atoms with Crippen LogP contribution in [0.25, 0.3) is 0 Å². The number of hydrogen-bond acceptors (Lipinski definition) is 4. The highest BCUT2D eigenvalue weighted by Gasteiger charge is 2.01. The van der Waals surface area contributed by atoms with Crippen LogP contribution in [0.5, 0.6) is 5.75 Å². The van der Waals surface area contributed by atoms with Gasteiger partial charge in [0.1, 0.15) is 5.75 Å². The second kappa shape index (κ2) is 7.74.